The standard InChI is InChI=1S/C18H21FN2O2S/c1-10(2)23-17(22)15-11(3)21(14-7-8-14)18(24)20-16(15)12-5-4-6-13(19)9-12/h4-6,9-10,14,16H,7-8H2,1-3H3,(H,20,24). The van der Waals surface area contributed by atoms with Crippen LogP contribution in [0.25, 0.3) is 0 Å². The van der Waals surface area contributed by atoms with Gasteiger partial charge < -0.3 is 15.0 Å². The van der Waals surface area contributed by atoms with E-state index in [1.54, 1.807) is 12.1 Å². The summed E-state index contributed by atoms with van der Waals surface area (Å²) in [4.78, 5) is 14.7. The number of nitrogens with one attached hydrogen (secondary N) is 1. The Morgan fingerprint density at radius 1 is 1.42 bits per heavy atom. The molecule has 1 heterocycles. The van der Waals surface area contributed by atoms with Gasteiger partial charge in [-0.15, -0.1) is 0 Å². The van der Waals surface area contributed by atoms with E-state index in [9.17, 15) is 9.18 Å². The van der Waals surface area contributed by atoms with E-state index in [1.807, 2.05) is 25.7 Å². The van der Waals surface area contributed by atoms with Gasteiger partial charge in [-0.2, -0.15) is 0 Å². The smallest absolute Gasteiger partial charge is 0.338 e. The Bertz CT molecular complexity index is 713. The molecule has 0 bridgehead atoms. The van der Waals surface area contributed by atoms with Crippen molar-refractivity contribution in [2.24, 2.45) is 0 Å². The molecule has 1 saturated carbocycles. The molecule has 1 aliphatic heterocycles. The van der Waals surface area contributed by atoms with Gasteiger partial charge in [0.2, 0.25) is 0 Å². The van der Waals surface area contributed by atoms with Crippen molar-refractivity contribution in [2.75, 3.05) is 0 Å². The van der Waals surface area contributed by atoms with E-state index in [0.717, 1.165) is 18.5 Å². The summed E-state index contributed by atoms with van der Waals surface area (Å²) in [5.74, 6) is -0.739. The van der Waals surface area contributed by atoms with Crippen molar-refractivity contribution in [1.29, 1.82) is 0 Å². The van der Waals surface area contributed by atoms with E-state index in [1.165, 1.54) is 12.1 Å². The molecule has 1 aliphatic carbocycles. The lowest BCUT2D eigenvalue weighted by Gasteiger charge is -2.38. The summed E-state index contributed by atoms with van der Waals surface area (Å²) in [5, 5.41) is 3.77. The third kappa shape index (κ3) is 3.29. The zero-order valence-electron chi connectivity index (χ0n) is 14.0. The summed E-state index contributed by atoms with van der Waals surface area (Å²) < 4.78 is 19.1. The molecule has 1 fully saturated rings. The number of esters is 1. The molecule has 24 heavy (non-hydrogen) atoms. The molecule has 4 nitrogen and oxygen atoms in total. The van der Waals surface area contributed by atoms with E-state index < -0.39 is 12.0 Å². The third-order valence-electron chi connectivity index (χ3n) is 4.18. The number of rotatable bonds is 4. The van der Waals surface area contributed by atoms with Crippen LogP contribution in [0.5, 0.6) is 0 Å². The SMILES string of the molecule is CC1=C(C(=O)OC(C)C)C(c2cccc(F)c2)NC(=S)N1C1CC1. The highest BCUT2D eigenvalue weighted by Gasteiger charge is 2.41. The largest absolute Gasteiger partial charge is 0.459 e. The second-order valence-corrected chi connectivity index (χ2v) is 6.88. The van der Waals surface area contributed by atoms with E-state index in [-0.39, 0.29) is 11.9 Å². The number of thiocarbonyl (C=S) groups is 1. The summed E-state index contributed by atoms with van der Waals surface area (Å²) >= 11 is 5.49. The number of carbonyl (C=O) groups is 1. The molecular weight excluding hydrogens is 327 g/mol. The Balaban J connectivity index is 2.05. The van der Waals surface area contributed by atoms with Crippen LogP contribution in [-0.2, 0) is 9.53 Å². The lowest BCUT2D eigenvalue weighted by molar-refractivity contribution is -0.143. The van der Waals surface area contributed by atoms with Gasteiger partial charge in [0.25, 0.3) is 0 Å². The summed E-state index contributed by atoms with van der Waals surface area (Å²) in [6, 6.07) is 6.04. The van der Waals surface area contributed by atoms with Crippen molar-refractivity contribution >= 4 is 23.3 Å². The summed E-state index contributed by atoms with van der Waals surface area (Å²) in [5.41, 5.74) is 1.94. The number of halogens is 1. The fraction of sp³-hybridized carbons (Fsp3) is 0.444. The lowest BCUT2D eigenvalue weighted by atomic mass is 9.95. The molecule has 0 saturated heterocycles. The van der Waals surface area contributed by atoms with E-state index in [2.05, 4.69) is 5.32 Å². The van der Waals surface area contributed by atoms with Gasteiger partial charge in [-0.1, -0.05) is 12.1 Å². The highest BCUT2D eigenvalue weighted by molar-refractivity contribution is 7.80. The maximum absolute atomic E-state index is 13.7. The van der Waals surface area contributed by atoms with Crippen LogP contribution in [0.1, 0.15) is 45.2 Å². The second-order valence-electron chi connectivity index (χ2n) is 6.49. The van der Waals surface area contributed by atoms with Crippen LogP contribution in [0.3, 0.4) is 0 Å². The van der Waals surface area contributed by atoms with Crippen LogP contribution in [0.4, 0.5) is 4.39 Å². The Hall–Kier alpha value is -1.95. The number of nitrogens with zero attached hydrogens (tertiary/aromatic N) is 1. The molecule has 1 unspecified atom stereocenters. The Morgan fingerprint density at radius 2 is 2.12 bits per heavy atom. The minimum Gasteiger partial charge on any atom is -0.459 e. The molecule has 3 rings (SSSR count). The number of ether oxygens (including phenoxy) is 1. The van der Waals surface area contributed by atoms with Gasteiger partial charge in [0.1, 0.15) is 5.82 Å². The van der Waals surface area contributed by atoms with Gasteiger partial charge >= 0.3 is 5.97 Å². The molecule has 0 radical (unpaired) electrons. The highest BCUT2D eigenvalue weighted by Crippen LogP contribution is 2.38. The number of allylic oxidation sites excluding steroid dienone is 1. The Morgan fingerprint density at radius 3 is 2.71 bits per heavy atom. The maximum Gasteiger partial charge on any atom is 0.338 e. The Labute approximate surface area is 146 Å². The topological polar surface area (TPSA) is 41.6 Å². The Kier molecular flexibility index (Phi) is 4.58. The van der Waals surface area contributed by atoms with Crippen LogP contribution < -0.4 is 5.32 Å². The van der Waals surface area contributed by atoms with Gasteiger partial charge in [0.05, 0.1) is 17.7 Å². The fourth-order valence-corrected chi connectivity index (χ4v) is 3.41. The molecule has 1 aromatic rings. The van der Waals surface area contributed by atoms with E-state index in [0.29, 0.717) is 22.3 Å². The fourth-order valence-electron chi connectivity index (χ4n) is 3.01. The normalized spacial score (nSPS) is 21.1. The summed E-state index contributed by atoms with van der Waals surface area (Å²) in [7, 11) is 0. The average Bonchev–Trinajstić information content (AvgIpc) is 3.30. The minimum absolute atomic E-state index is 0.228. The molecule has 0 amide bonds. The number of hydrogen-bond acceptors (Lipinski definition) is 3. The first-order chi connectivity index (χ1) is 11.4. The van der Waals surface area contributed by atoms with Crippen LogP contribution in [0.15, 0.2) is 35.5 Å². The molecule has 128 valence electrons. The minimum atomic E-state index is -0.505. The summed E-state index contributed by atoms with van der Waals surface area (Å²) in [6.45, 7) is 5.50. The molecule has 6 heteroatoms. The lowest BCUT2D eigenvalue weighted by Crippen LogP contribution is -2.48. The van der Waals surface area contributed by atoms with Gasteiger partial charge in [0.15, 0.2) is 5.11 Å². The zero-order valence-corrected chi connectivity index (χ0v) is 14.8. The average molecular weight is 348 g/mol. The van der Waals surface area contributed by atoms with Crippen LogP contribution in [-0.4, -0.2) is 28.1 Å². The predicted octanol–water partition coefficient (Wildman–Crippen LogP) is 3.44. The molecule has 1 N–H and O–H groups in total. The second kappa shape index (κ2) is 6.51. The van der Waals surface area contributed by atoms with Crippen molar-refractivity contribution in [1.82, 2.24) is 10.2 Å². The van der Waals surface area contributed by atoms with Crippen LogP contribution in [0.2, 0.25) is 0 Å². The molecule has 0 spiro atoms. The number of benzene rings is 1. The first-order valence-corrected chi connectivity index (χ1v) is 8.56. The van der Waals surface area contributed by atoms with Crippen molar-refractivity contribution in [2.45, 2.75) is 51.8 Å². The first-order valence-electron chi connectivity index (χ1n) is 8.15. The third-order valence-corrected chi connectivity index (χ3v) is 4.50. The summed E-state index contributed by atoms with van der Waals surface area (Å²) in [6.07, 6.45) is 1.88. The van der Waals surface area contributed by atoms with Gasteiger partial charge in [0, 0.05) is 11.7 Å². The molecule has 2 aliphatic rings. The van der Waals surface area contributed by atoms with Crippen molar-refractivity contribution in [3.05, 3.63) is 46.9 Å². The molecular formula is C18H21FN2O2S. The first kappa shape index (κ1) is 16.9. The predicted molar refractivity (Wildman–Crippen MR) is 93.7 cm³/mol. The van der Waals surface area contributed by atoms with Crippen LogP contribution >= 0.6 is 12.2 Å². The highest BCUT2D eigenvalue weighted by atomic mass is 32.1. The molecule has 1 aromatic carbocycles. The quantitative estimate of drug-likeness (QED) is 0.667. The number of hydrogen-bond donors (Lipinski definition) is 1. The van der Waals surface area contributed by atoms with Crippen LogP contribution in [0, 0.1) is 5.82 Å². The maximum atomic E-state index is 13.7. The van der Waals surface area contributed by atoms with Gasteiger partial charge in [-0.25, -0.2) is 9.18 Å². The van der Waals surface area contributed by atoms with Gasteiger partial charge in [-0.3, -0.25) is 0 Å². The monoisotopic (exact) mass is 348 g/mol. The molecule has 0 aromatic heterocycles. The van der Waals surface area contributed by atoms with E-state index >= 15 is 0 Å². The van der Waals surface area contributed by atoms with Crippen molar-refractivity contribution in [3.8, 4) is 0 Å². The zero-order chi connectivity index (χ0) is 17.4. The number of carbonyl (C=O) groups excluding carboxylic acids is 1. The molecule has 1 atom stereocenters. The van der Waals surface area contributed by atoms with Crippen molar-refractivity contribution in [3.63, 3.8) is 0 Å². The van der Waals surface area contributed by atoms with Gasteiger partial charge in [-0.05, 0) is 63.5 Å². The van der Waals surface area contributed by atoms with Crippen molar-refractivity contribution < 1.29 is 13.9 Å². The van der Waals surface area contributed by atoms with E-state index in [4.69, 9.17) is 17.0 Å².